The monoisotopic (exact) mass is 284 g/mol. The number of carbonyl (C=O) groups excluding carboxylic acids is 2. The van der Waals surface area contributed by atoms with Crippen LogP contribution in [-0.4, -0.2) is 62.8 Å². The zero-order valence-corrected chi connectivity index (χ0v) is 12.3. The summed E-state index contributed by atoms with van der Waals surface area (Å²) in [5.74, 6) is 0.925. The topological polar surface area (TPSA) is 67.9 Å². The van der Waals surface area contributed by atoms with Crippen LogP contribution >= 0.6 is 0 Å². The van der Waals surface area contributed by atoms with Crippen molar-refractivity contribution in [3.63, 3.8) is 0 Å². The van der Waals surface area contributed by atoms with E-state index in [1.54, 1.807) is 14.0 Å². The van der Waals surface area contributed by atoms with E-state index in [1.165, 1.54) is 0 Å². The van der Waals surface area contributed by atoms with Crippen molar-refractivity contribution in [3.05, 3.63) is 0 Å². The van der Waals surface area contributed by atoms with Gasteiger partial charge in [0, 0.05) is 39.6 Å². The van der Waals surface area contributed by atoms with Gasteiger partial charge >= 0.3 is 0 Å². The molecule has 2 aliphatic rings. The lowest BCUT2D eigenvalue weighted by molar-refractivity contribution is -0.131. The van der Waals surface area contributed by atoms with Gasteiger partial charge in [-0.15, -0.1) is 0 Å². The van der Waals surface area contributed by atoms with Crippen molar-refractivity contribution in [2.45, 2.75) is 25.9 Å². The molecule has 3 atom stereocenters. The zero-order chi connectivity index (χ0) is 14.5. The molecule has 1 N–H and O–H groups in total. The summed E-state index contributed by atoms with van der Waals surface area (Å²) in [6.07, 6.45) is 1.34. The van der Waals surface area contributed by atoms with Crippen LogP contribution in [0.3, 0.4) is 0 Å². The van der Waals surface area contributed by atoms with Crippen LogP contribution in [-0.2, 0) is 19.1 Å². The number of hydrogen-bond donors (Lipinski definition) is 1. The van der Waals surface area contributed by atoms with Gasteiger partial charge in [-0.25, -0.2) is 0 Å². The van der Waals surface area contributed by atoms with E-state index in [9.17, 15) is 9.59 Å². The number of piperidine rings is 1. The first kappa shape index (κ1) is 15.3. The minimum absolute atomic E-state index is 0.00310. The SMILES string of the molecule is COCCNC(=O)C[C@H]1OC[C@H]2CN(C(C)=O)CC[C@H]21. The average molecular weight is 284 g/mol. The Hall–Kier alpha value is -1.14. The highest BCUT2D eigenvalue weighted by molar-refractivity contribution is 5.76. The summed E-state index contributed by atoms with van der Waals surface area (Å²) in [7, 11) is 1.61. The molecule has 0 aromatic rings. The first-order valence-corrected chi connectivity index (χ1v) is 7.24. The van der Waals surface area contributed by atoms with Gasteiger partial charge in [0.2, 0.25) is 11.8 Å². The maximum Gasteiger partial charge on any atom is 0.222 e. The Morgan fingerprint density at radius 1 is 1.45 bits per heavy atom. The number of likely N-dealkylation sites (tertiary alicyclic amines) is 1. The molecule has 2 heterocycles. The van der Waals surface area contributed by atoms with E-state index in [0.717, 1.165) is 19.5 Å². The highest BCUT2D eigenvalue weighted by Gasteiger charge is 2.41. The Morgan fingerprint density at radius 2 is 2.25 bits per heavy atom. The van der Waals surface area contributed by atoms with E-state index in [1.807, 2.05) is 4.90 Å². The summed E-state index contributed by atoms with van der Waals surface area (Å²) in [4.78, 5) is 25.1. The number of amides is 2. The largest absolute Gasteiger partial charge is 0.383 e. The second-order valence-electron chi connectivity index (χ2n) is 5.60. The molecule has 0 spiro atoms. The summed E-state index contributed by atoms with van der Waals surface area (Å²) < 4.78 is 10.7. The summed E-state index contributed by atoms with van der Waals surface area (Å²) >= 11 is 0. The molecule has 0 radical (unpaired) electrons. The standard InChI is InChI=1S/C14H24N2O4/c1-10(17)16-5-3-12-11(8-16)9-20-13(12)7-14(18)15-4-6-19-2/h11-13H,3-9H2,1-2H3,(H,15,18)/t11-,12-,13-/m1/s1. The molecule has 2 aliphatic heterocycles. The summed E-state index contributed by atoms with van der Waals surface area (Å²) in [5, 5.41) is 2.82. The third kappa shape index (κ3) is 3.70. The van der Waals surface area contributed by atoms with E-state index in [2.05, 4.69) is 5.32 Å². The molecule has 2 saturated heterocycles. The molecule has 0 bridgehead atoms. The van der Waals surface area contributed by atoms with Crippen molar-refractivity contribution >= 4 is 11.8 Å². The normalized spacial score (nSPS) is 29.1. The molecule has 20 heavy (non-hydrogen) atoms. The van der Waals surface area contributed by atoms with Gasteiger partial charge in [0.05, 0.1) is 25.7 Å². The van der Waals surface area contributed by atoms with Gasteiger partial charge in [-0.05, 0) is 12.3 Å². The number of ether oxygens (including phenoxy) is 2. The van der Waals surface area contributed by atoms with Gasteiger partial charge in [-0.2, -0.15) is 0 Å². The van der Waals surface area contributed by atoms with Crippen molar-refractivity contribution in [2.24, 2.45) is 11.8 Å². The average Bonchev–Trinajstić information content (AvgIpc) is 2.81. The van der Waals surface area contributed by atoms with Crippen LogP contribution in [0.5, 0.6) is 0 Å². The van der Waals surface area contributed by atoms with Crippen molar-refractivity contribution in [2.75, 3.05) is 40.0 Å². The fourth-order valence-corrected chi connectivity index (χ4v) is 3.13. The Kier molecular flexibility index (Phi) is 5.37. The number of fused-ring (bicyclic) bond motifs is 1. The van der Waals surface area contributed by atoms with Crippen molar-refractivity contribution < 1.29 is 19.1 Å². The Balaban J connectivity index is 1.78. The summed E-state index contributed by atoms with van der Waals surface area (Å²) in [6.45, 7) is 4.87. The molecular weight excluding hydrogens is 260 g/mol. The molecule has 0 aromatic carbocycles. The fourth-order valence-electron chi connectivity index (χ4n) is 3.13. The zero-order valence-electron chi connectivity index (χ0n) is 12.3. The minimum atomic E-state index is -0.00310. The van der Waals surface area contributed by atoms with Gasteiger partial charge in [0.15, 0.2) is 0 Å². The van der Waals surface area contributed by atoms with E-state index in [-0.39, 0.29) is 17.9 Å². The van der Waals surface area contributed by atoms with Crippen molar-refractivity contribution in [1.29, 1.82) is 0 Å². The van der Waals surface area contributed by atoms with Crippen molar-refractivity contribution in [3.8, 4) is 0 Å². The third-order valence-corrected chi connectivity index (χ3v) is 4.25. The molecule has 0 saturated carbocycles. The van der Waals surface area contributed by atoms with E-state index in [4.69, 9.17) is 9.47 Å². The van der Waals surface area contributed by atoms with Crippen LogP contribution in [0, 0.1) is 11.8 Å². The summed E-state index contributed by atoms with van der Waals surface area (Å²) in [5.41, 5.74) is 0. The molecule has 6 heteroatoms. The Morgan fingerprint density at radius 3 is 2.95 bits per heavy atom. The lowest BCUT2D eigenvalue weighted by Gasteiger charge is -2.35. The van der Waals surface area contributed by atoms with Gasteiger partial charge in [-0.1, -0.05) is 0 Å². The summed E-state index contributed by atoms with van der Waals surface area (Å²) in [6, 6.07) is 0. The number of nitrogens with zero attached hydrogens (tertiary/aromatic N) is 1. The van der Waals surface area contributed by atoms with Crippen LogP contribution in [0.4, 0.5) is 0 Å². The molecule has 2 amide bonds. The van der Waals surface area contributed by atoms with Crippen LogP contribution in [0.25, 0.3) is 0 Å². The van der Waals surface area contributed by atoms with E-state index in [0.29, 0.717) is 38.0 Å². The highest BCUT2D eigenvalue weighted by atomic mass is 16.5. The van der Waals surface area contributed by atoms with Gasteiger partial charge in [0.1, 0.15) is 0 Å². The maximum absolute atomic E-state index is 11.8. The number of rotatable bonds is 5. The highest BCUT2D eigenvalue weighted by Crippen LogP contribution is 2.35. The second kappa shape index (κ2) is 7.04. The first-order chi connectivity index (χ1) is 9.61. The molecule has 0 aliphatic carbocycles. The predicted octanol–water partition coefficient (Wildman–Crippen LogP) is 0.0225. The predicted molar refractivity (Wildman–Crippen MR) is 73.1 cm³/mol. The second-order valence-corrected chi connectivity index (χ2v) is 5.60. The van der Waals surface area contributed by atoms with Crippen LogP contribution < -0.4 is 5.32 Å². The Bertz CT molecular complexity index is 361. The first-order valence-electron chi connectivity index (χ1n) is 7.24. The molecular formula is C14H24N2O4. The number of hydrogen-bond acceptors (Lipinski definition) is 4. The van der Waals surface area contributed by atoms with Crippen LogP contribution in [0.2, 0.25) is 0 Å². The molecule has 2 fully saturated rings. The minimum Gasteiger partial charge on any atom is -0.383 e. The van der Waals surface area contributed by atoms with Gasteiger partial charge in [0.25, 0.3) is 0 Å². The maximum atomic E-state index is 11.8. The van der Waals surface area contributed by atoms with E-state index < -0.39 is 0 Å². The number of carbonyl (C=O) groups is 2. The lowest BCUT2D eigenvalue weighted by Crippen LogP contribution is -2.44. The molecule has 0 unspecified atom stereocenters. The number of nitrogens with one attached hydrogen (secondary N) is 1. The molecule has 6 nitrogen and oxygen atoms in total. The Labute approximate surface area is 119 Å². The molecule has 114 valence electrons. The lowest BCUT2D eigenvalue weighted by atomic mass is 9.83. The molecule has 2 rings (SSSR count). The van der Waals surface area contributed by atoms with Crippen LogP contribution in [0.1, 0.15) is 19.8 Å². The molecule has 0 aromatic heterocycles. The number of methoxy groups -OCH3 is 1. The van der Waals surface area contributed by atoms with Crippen molar-refractivity contribution in [1.82, 2.24) is 10.2 Å². The third-order valence-electron chi connectivity index (χ3n) is 4.25. The quantitative estimate of drug-likeness (QED) is 0.723. The smallest absolute Gasteiger partial charge is 0.222 e. The van der Waals surface area contributed by atoms with Gasteiger partial charge in [-0.3, -0.25) is 9.59 Å². The van der Waals surface area contributed by atoms with E-state index >= 15 is 0 Å². The van der Waals surface area contributed by atoms with Gasteiger partial charge < -0.3 is 19.7 Å². The van der Waals surface area contributed by atoms with Crippen LogP contribution in [0.15, 0.2) is 0 Å². The fraction of sp³-hybridized carbons (Fsp3) is 0.857.